The molecule has 2 heterocycles. The van der Waals surface area contributed by atoms with Crippen molar-refractivity contribution in [2.45, 2.75) is 57.5 Å². The van der Waals surface area contributed by atoms with E-state index >= 15 is 0 Å². The molecule has 0 bridgehead atoms. The van der Waals surface area contributed by atoms with Crippen LogP contribution in [0, 0.1) is 0 Å². The topological polar surface area (TPSA) is 23.6 Å². The molecule has 2 fully saturated rings. The van der Waals surface area contributed by atoms with Gasteiger partial charge in [0.2, 0.25) is 5.91 Å². The molecule has 116 valence electrons. The van der Waals surface area contributed by atoms with Gasteiger partial charge in [0, 0.05) is 30.6 Å². The highest BCUT2D eigenvalue weighted by Gasteiger charge is 2.31. The van der Waals surface area contributed by atoms with Crippen molar-refractivity contribution in [3.05, 3.63) is 22.4 Å². The quantitative estimate of drug-likeness (QED) is 0.831. The Hall–Kier alpha value is -0.870. The zero-order valence-electron chi connectivity index (χ0n) is 12.8. The molecule has 0 spiro atoms. The Labute approximate surface area is 131 Å². The molecule has 1 saturated heterocycles. The second-order valence-corrected chi connectivity index (χ2v) is 7.40. The maximum Gasteiger partial charge on any atom is 0.236 e. The van der Waals surface area contributed by atoms with Gasteiger partial charge >= 0.3 is 0 Å². The lowest BCUT2D eigenvalue weighted by molar-refractivity contribution is -0.133. The summed E-state index contributed by atoms with van der Waals surface area (Å²) in [6.07, 6.45) is 8.79. The van der Waals surface area contributed by atoms with Crippen LogP contribution in [0.4, 0.5) is 0 Å². The second-order valence-electron chi connectivity index (χ2n) is 6.36. The van der Waals surface area contributed by atoms with E-state index < -0.39 is 0 Å². The van der Waals surface area contributed by atoms with Crippen LogP contribution < -0.4 is 0 Å². The van der Waals surface area contributed by atoms with Crippen LogP contribution in [0.3, 0.4) is 0 Å². The fourth-order valence-electron chi connectivity index (χ4n) is 3.13. The molecule has 3 nitrogen and oxygen atoms in total. The summed E-state index contributed by atoms with van der Waals surface area (Å²) in [5.41, 5.74) is 0. The molecule has 1 aliphatic carbocycles. The van der Waals surface area contributed by atoms with E-state index in [0.29, 0.717) is 18.5 Å². The van der Waals surface area contributed by atoms with Crippen molar-refractivity contribution < 1.29 is 4.79 Å². The van der Waals surface area contributed by atoms with Gasteiger partial charge in [0.05, 0.1) is 6.54 Å². The van der Waals surface area contributed by atoms with Crippen molar-refractivity contribution in [3.63, 3.8) is 0 Å². The first-order chi connectivity index (χ1) is 10.3. The Morgan fingerprint density at radius 3 is 2.52 bits per heavy atom. The summed E-state index contributed by atoms with van der Waals surface area (Å²) in [5, 5.41) is 2.13. The molecule has 0 atom stereocenters. The van der Waals surface area contributed by atoms with Crippen molar-refractivity contribution in [1.82, 2.24) is 9.80 Å². The lowest BCUT2D eigenvalue weighted by Crippen LogP contribution is -2.42. The van der Waals surface area contributed by atoms with Gasteiger partial charge in [-0.3, -0.25) is 9.69 Å². The molecule has 4 heteroatoms. The van der Waals surface area contributed by atoms with Crippen LogP contribution in [0.1, 0.15) is 49.8 Å². The maximum absolute atomic E-state index is 12.6. The minimum Gasteiger partial charge on any atom is -0.342 e. The van der Waals surface area contributed by atoms with Gasteiger partial charge < -0.3 is 4.90 Å². The standard InChI is InChI=1S/C17H26N2OS/c20-17(18-10-4-2-1-3-5-11-18)14-19(15-8-9-15)13-16-7-6-12-21-16/h6-7,12,15H,1-5,8-11,13-14H2. The predicted octanol–water partition coefficient (Wildman–Crippen LogP) is 3.51. The van der Waals surface area contributed by atoms with Gasteiger partial charge in [-0.25, -0.2) is 0 Å². The fraction of sp³-hybridized carbons (Fsp3) is 0.706. The molecular weight excluding hydrogens is 280 g/mol. The number of likely N-dealkylation sites (tertiary alicyclic amines) is 1. The minimum absolute atomic E-state index is 0.348. The van der Waals surface area contributed by atoms with Crippen molar-refractivity contribution in [2.24, 2.45) is 0 Å². The van der Waals surface area contributed by atoms with Crippen LogP contribution in [0.15, 0.2) is 17.5 Å². The van der Waals surface area contributed by atoms with E-state index in [-0.39, 0.29) is 0 Å². The summed E-state index contributed by atoms with van der Waals surface area (Å²) in [4.78, 5) is 18.5. The maximum atomic E-state index is 12.6. The van der Waals surface area contributed by atoms with Gasteiger partial charge in [0.25, 0.3) is 0 Å². The molecule has 1 amide bonds. The Morgan fingerprint density at radius 2 is 1.90 bits per heavy atom. The number of thiophene rings is 1. The van der Waals surface area contributed by atoms with Crippen molar-refractivity contribution >= 4 is 17.2 Å². The number of carbonyl (C=O) groups is 1. The normalized spacial score (nSPS) is 20.3. The van der Waals surface area contributed by atoms with E-state index in [1.807, 2.05) is 0 Å². The van der Waals surface area contributed by atoms with Crippen LogP contribution in [0.25, 0.3) is 0 Å². The monoisotopic (exact) mass is 306 g/mol. The molecule has 1 aromatic rings. The first kappa shape index (κ1) is 15.0. The van der Waals surface area contributed by atoms with Crippen molar-refractivity contribution in [1.29, 1.82) is 0 Å². The number of amides is 1. The molecule has 3 rings (SSSR count). The lowest BCUT2D eigenvalue weighted by atomic mass is 10.1. The summed E-state index contributed by atoms with van der Waals surface area (Å²) >= 11 is 1.80. The zero-order valence-corrected chi connectivity index (χ0v) is 13.6. The zero-order chi connectivity index (χ0) is 14.5. The molecule has 1 saturated carbocycles. The Morgan fingerprint density at radius 1 is 1.19 bits per heavy atom. The number of carbonyl (C=O) groups excluding carboxylic acids is 1. The smallest absolute Gasteiger partial charge is 0.236 e. The van der Waals surface area contributed by atoms with Crippen molar-refractivity contribution in [2.75, 3.05) is 19.6 Å². The van der Waals surface area contributed by atoms with E-state index in [2.05, 4.69) is 27.3 Å². The highest BCUT2D eigenvalue weighted by molar-refractivity contribution is 7.09. The molecule has 1 aromatic heterocycles. The third kappa shape index (κ3) is 4.55. The summed E-state index contributed by atoms with van der Waals surface area (Å²) in [6.45, 7) is 3.50. The predicted molar refractivity (Wildman–Crippen MR) is 87.4 cm³/mol. The number of hydrogen-bond donors (Lipinski definition) is 0. The second kappa shape index (κ2) is 7.41. The molecule has 21 heavy (non-hydrogen) atoms. The highest BCUT2D eigenvalue weighted by atomic mass is 32.1. The largest absolute Gasteiger partial charge is 0.342 e. The number of rotatable bonds is 5. The fourth-order valence-corrected chi connectivity index (χ4v) is 3.86. The molecule has 1 aliphatic heterocycles. The van der Waals surface area contributed by atoms with Crippen molar-refractivity contribution in [3.8, 4) is 0 Å². The molecule has 2 aliphatic rings. The molecular formula is C17H26N2OS. The van der Waals surface area contributed by atoms with Gasteiger partial charge in [-0.15, -0.1) is 11.3 Å². The third-order valence-corrected chi connectivity index (χ3v) is 5.41. The third-order valence-electron chi connectivity index (χ3n) is 4.55. The molecule has 0 radical (unpaired) electrons. The lowest BCUT2D eigenvalue weighted by Gasteiger charge is -2.28. The average Bonchev–Trinajstić information content (AvgIpc) is 3.16. The van der Waals surface area contributed by atoms with E-state index in [1.54, 1.807) is 11.3 Å². The first-order valence-corrected chi connectivity index (χ1v) is 9.25. The molecule has 0 aromatic carbocycles. The summed E-state index contributed by atoms with van der Waals surface area (Å²) in [5.74, 6) is 0.348. The van der Waals surface area contributed by atoms with Crippen LogP contribution in [-0.4, -0.2) is 41.4 Å². The van der Waals surface area contributed by atoms with E-state index in [0.717, 1.165) is 19.6 Å². The van der Waals surface area contributed by atoms with Crippen LogP contribution in [0.5, 0.6) is 0 Å². The van der Waals surface area contributed by atoms with E-state index in [4.69, 9.17) is 0 Å². The van der Waals surface area contributed by atoms with Gasteiger partial charge in [0.1, 0.15) is 0 Å². The number of hydrogen-bond acceptors (Lipinski definition) is 3. The first-order valence-electron chi connectivity index (χ1n) is 8.37. The van der Waals surface area contributed by atoms with Gasteiger partial charge in [-0.1, -0.05) is 25.3 Å². The number of nitrogens with zero attached hydrogens (tertiary/aromatic N) is 2. The SMILES string of the molecule is O=C(CN(Cc1cccs1)C1CC1)N1CCCCCCC1. The Bertz CT molecular complexity index is 434. The van der Waals surface area contributed by atoms with Gasteiger partial charge in [0.15, 0.2) is 0 Å². The van der Waals surface area contributed by atoms with E-state index in [1.165, 1.54) is 49.8 Å². The highest BCUT2D eigenvalue weighted by Crippen LogP contribution is 2.29. The van der Waals surface area contributed by atoms with Crippen LogP contribution >= 0.6 is 11.3 Å². The van der Waals surface area contributed by atoms with E-state index in [9.17, 15) is 4.79 Å². The summed E-state index contributed by atoms with van der Waals surface area (Å²) in [6, 6.07) is 4.93. The minimum atomic E-state index is 0.348. The summed E-state index contributed by atoms with van der Waals surface area (Å²) < 4.78 is 0. The van der Waals surface area contributed by atoms with Gasteiger partial charge in [-0.05, 0) is 37.1 Å². The average molecular weight is 306 g/mol. The van der Waals surface area contributed by atoms with Crippen LogP contribution in [0.2, 0.25) is 0 Å². The van der Waals surface area contributed by atoms with Gasteiger partial charge in [-0.2, -0.15) is 0 Å². The molecule has 0 N–H and O–H groups in total. The summed E-state index contributed by atoms with van der Waals surface area (Å²) in [7, 11) is 0. The van der Waals surface area contributed by atoms with Crippen LogP contribution in [-0.2, 0) is 11.3 Å². The Kier molecular flexibility index (Phi) is 5.31. The Balaban J connectivity index is 1.55. The molecule has 0 unspecified atom stereocenters.